The molecule has 0 unspecified atom stereocenters. The number of hydrogen-bond acceptors (Lipinski definition) is 5. The zero-order chi connectivity index (χ0) is 13.0. The van der Waals surface area contributed by atoms with Gasteiger partial charge < -0.3 is 10.2 Å². The van der Waals surface area contributed by atoms with Crippen molar-refractivity contribution in [2.45, 2.75) is 13.5 Å². The first-order valence-corrected chi connectivity index (χ1v) is 5.73. The van der Waals surface area contributed by atoms with Crippen LogP contribution in [0.3, 0.4) is 0 Å². The van der Waals surface area contributed by atoms with Gasteiger partial charge in [-0.15, -0.1) is 0 Å². The van der Waals surface area contributed by atoms with E-state index in [1.54, 1.807) is 18.5 Å². The lowest BCUT2D eigenvalue weighted by molar-refractivity contribution is 0.300. The number of rotatable bonds is 4. The van der Waals surface area contributed by atoms with Gasteiger partial charge >= 0.3 is 0 Å². The zero-order valence-electron chi connectivity index (χ0n) is 9.85. The minimum absolute atomic E-state index is 0.346. The average molecular weight is 265 g/mol. The summed E-state index contributed by atoms with van der Waals surface area (Å²) in [7, 11) is 0. The quantitative estimate of drug-likeness (QED) is 0.655. The molecule has 0 bridgehead atoms. The molecule has 2 aromatic rings. The number of benzene rings is 1. The van der Waals surface area contributed by atoms with Gasteiger partial charge in [0.05, 0.1) is 18.1 Å². The summed E-state index contributed by atoms with van der Waals surface area (Å²) in [4.78, 5) is 8.19. The molecule has 6 heteroatoms. The van der Waals surface area contributed by atoms with Crippen molar-refractivity contribution in [3.05, 3.63) is 46.9 Å². The number of hydrazine groups is 1. The molecule has 94 valence electrons. The molecule has 0 radical (unpaired) electrons. The number of anilines is 1. The summed E-state index contributed by atoms with van der Waals surface area (Å²) < 4.78 is 5.59. The fourth-order valence-electron chi connectivity index (χ4n) is 1.37. The SMILES string of the molecule is Cc1cc(OCc2cnc(NN)cn2)ccc1Cl. The van der Waals surface area contributed by atoms with Crippen molar-refractivity contribution in [2.24, 2.45) is 5.84 Å². The Labute approximate surface area is 110 Å². The van der Waals surface area contributed by atoms with E-state index in [0.29, 0.717) is 12.4 Å². The number of hydrogen-bond donors (Lipinski definition) is 2. The van der Waals surface area contributed by atoms with E-state index < -0.39 is 0 Å². The Morgan fingerprint density at radius 2 is 2.17 bits per heavy atom. The van der Waals surface area contributed by atoms with Crippen LogP contribution in [0.15, 0.2) is 30.6 Å². The van der Waals surface area contributed by atoms with Gasteiger partial charge in [-0.1, -0.05) is 11.6 Å². The van der Waals surface area contributed by atoms with Gasteiger partial charge in [-0.3, -0.25) is 4.98 Å². The van der Waals surface area contributed by atoms with Crippen molar-refractivity contribution in [3.8, 4) is 5.75 Å². The number of nitrogens with two attached hydrogens (primary N) is 1. The number of aromatic nitrogens is 2. The molecule has 0 aliphatic carbocycles. The summed E-state index contributed by atoms with van der Waals surface area (Å²) >= 11 is 5.93. The first-order valence-electron chi connectivity index (χ1n) is 5.35. The van der Waals surface area contributed by atoms with Crippen molar-refractivity contribution in [3.63, 3.8) is 0 Å². The van der Waals surface area contributed by atoms with Crippen molar-refractivity contribution in [1.82, 2.24) is 9.97 Å². The second-order valence-corrected chi connectivity index (χ2v) is 4.14. The molecular formula is C12H13ClN4O. The zero-order valence-corrected chi connectivity index (χ0v) is 10.6. The maximum Gasteiger partial charge on any atom is 0.158 e. The lowest BCUT2D eigenvalue weighted by atomic mass is 10.2. The Hall–Kier alpha value is -1.85. The van der Waals surface area contributed by atoms with Crippen LogP contribution >= 0.6 is 11.6 Å². The van der Waals surface area contributed by atoms with Crippen molar-refractivity contribution in [2.75, 3.05) is 5.43 Å². The summed E-state index contributed by atoms with van der Waals surface area (Å²) in [5.41, 5.74) is 4.11. The van der Waals surface area contributed by atoms with E-state index in [2.05, 4.69) is 15.4 Å². The Morgan fingerprint density at radius 1 is 1.33 bits per heavy atom. The van der Waals surface area contributed by atoms with Crippen LogP contribution in [0.4, 0.5) is 5.82 Å². The van der Waals surface area contributed by atoms with Crippen LogP contribution in [0, 0.1) is 6.92 Å². The second-order valence-electron chi connectivity index (χ2n) is 3.74. The summed E-state index contributed by atoms with van der Waals surface area (Å²) in [5.74, 6) is 6.46. The topological polar surface area (TPSA) is 73.1 Å². The third-order valence-electron chi connectivity index (χ3n) is 2.37. The van der Waals surface area contributed by atoms with Crippen LogP contribution in [-0.4, -0.2) is 9.97 Å². The van der Waals surface area contributed by atoms with Crippen LogP contribution in [0.5, 0.6) is 5.75 Å². The Bertz CT molecular complexity index is 530. The van der Waals surface area contributed by atoms with E-state index >= 15 is 0 Å². The van der Waals surface area contributed by atoms with Gasteiger partial charge in [0.2, 0.25) is 0 Å². The molecule has 0 aliphatic heterocycles. The lowest BCUT2D eigenvalue weighted by Crippen LogP contribution is -2.09. The van der Waals surface area contributed by atoms with Gasteiger partial charge in [-0.25, -0.2) is 10.8 Å². The summed E-state index contributed by atoms with van der Waals surface area (Å²) in [6, 6.07) is 5.50. The van der Waals surface area contributed by atoms with Crippen LogP contribution in [-0.2, 0) is 6.61 Å². The summed E-state index contributed by atoms with van der Waals surface area (Å²) in [6.07, 6.45) is 3.16. The normalized spacial score (nSPS) is 10.2. The van der Waals surface area contributed by atoms with E-state index in [4.69, 9.17) is 22.2 Å². The Balaban J connectivity index is 1.99. The number of nitrogen functional groups attached to an aromatic ring is 1. The first kappa shape index (κ1) is 12.6. The smallest absolute Gasteiger partial charge is 0.158 e. The molecule has 5 nitrogen and oxygen atoms in total. The van der Waals surface area contributed by atoms with Gasteiger partial charge in [0.15, 0.2) is 5.82 Å². The molecule has 1 aromatic carbocycles. The molecular weight excluding hydrogens is 252 g/mol. The van der Waals surface area contributed by atoms with Gasteiger partial charge in [0.25, 0.3) is 0 Å². The van der Waals surface area contributed by atoms with Crippen LogP contribution in [0.2, 0.25) is 5.02 Å². The van der Waals surface area contributed by atoms with Gasteiger partial charge in [-0.05, 0) is 30.7 Å². The predicted molar refractivity (Wildman–Crippen MR) is 70.4 cm³/mol. The van der Waals surface area contributed by atoms with Gasteiger partial charge in [0, 0.05) is 5.02 Å². The molecule has 0 atom stereocenters. The van der Waals surface area contributed by atoms with Crippen molar-refractivity contribution >= 4 is 17.4 Å². The molecule has 2 rings (SSSR count). The highest BCUT2D eigenvalue weighted by Crippen LogP contribution is 2.21. The van der Waals surface area contributed by atoms with Crippen LogP contribution in [0.25, 0.3) is 0 Å². The van der Waals surface area contributed by atoms with Gasteiger partial charge in [-0.2, -0.15) is 0 Å². The number of nitrogens with one attached hydrogen (secondary N) is 1. The fourth-order valence-corrected chi connectivity index (χ4v) is 1.49. The Morgan fingerprint density at radius 3 is 2.78 bits per heavy atom. The maximum atomic E-state index is 5.93. The molecule has 1 aromatic heterocycles. The monoisotopic (exact) mass is 264 g/mol. The van der Waals surface area contributed by atoms with Crippen molar-refractivity contribution in [1.29, 1.82) is 0 Å². The largest absolute Gasteiger partial charge is 0.487 e. The molecule has 0 amide bonds. The molecule has 0 spiro atoms. The highest BCUT2D eigenvalue weighted by molar-refractivity contribution is 6.31. The van der Waals surface area contributed by atoms with E-state index in [-0.39, 0.29) is 0 Å². The maximum absolute atomic E-state index is 5.93. The highest BCUT2D eigenvalue weighted by Gasteiger charge is 2.01. The predicted octanol–water partition coefficient (Wildman–Crippen LogP) is 2.30. The van der Waals surface area contributed by atoms with E-state index in [9.17, 15) is 0 Å². The second kappa shape index (κ2) is 5.66. The molecule has 0 saturated heterocycles. The standard InChI is InChI=1S/C12H13ClN4O/c1-8-4-10(2-3-11(8)13)18-7-9-5-16-12(17-14)6-15-9/h2-6H,7,14H2,1H3,(H,16,17). The molecule has 3 N–H and O–H groups in total. The number of aryl methyl sites for hydroxylation is 1. The molecule has 0 saturated carbocycles. The molecule has 0 fully saturated rings. The number of nitrogens with zero attached hydrogens (tertiary/aromatic N) is 2. The van der Waals surface area contributed by atoms with Crippen LogP contribution < -0.4 is 16.0 Å². The van der Waals surface area contributed by atoms with E-state index in [0.717, 1.165) is 22.0 Å². The molecule has 0 aliphatic rings. The molecule has 1 heterocycles. The minimum atomic E-state index is 0.346. The number of ether oxygens (including phenoxy) is 1. The van der Waals surface area contributed by atoms with Crippen LogP contribution in [0.1, 0.15) is 11.3 Å². The van der Waals surface area contributed by atoms with Gasteiger partial charge in [0.1, 0.15) is 12.4 Å². The third-order valence-corrected chi connectivity index (χ3v) is 2.79. The Kier molecular flexibility index (Phi) is 3.96. The highest BCUT2D eigenvalue weighted by atomic mass is 35.5. The molecule has 18 heavy (non-hydrogen) atoms. The summed E-state index contributed by atoms with van der Waals surface area (Å²) in [5, 5.41) is 0.723. The number of halogens is 1. The lowest BCUT2D eigenvalue weighted by Gasteiger charge is -2.07. The average Bonchev–Trinajstić information content (AvgIpc) is 2.41. The van der Waals surface area contributed by atoms with Crippen molar-refractivity contribution < 1.29 is 4.74 Å². The summed E-state index contributed by atoms with van der Waals surface area (Å²) in [6.45, 7) is 2.27. The first-order chi connectivity index (χ1) is 8.69. The minimum Gasteiger partial charge on any atom is -0.487 e. The van der Waals surface area contributed by atoms with E-state index in [1.165, 1.54) is 0 Å². The third kappa shape index (κ3) is 3.09. The fraction of sp³-hybridized carbons (Fsp3) is 0.167. The van der Waals surface area contributed by atoms with E-state index in [1.807, 2.05) is 19.1 Å².